The smallest absolute Gasteiger partial charge is 0.267 e. The van der Waals surface area contributed by atoms with Crippen LogP contribution >= 0.6 is 11.3 Å². The highest BCUT2D eigenvalue weighted by atomic mass is 32.1. The first-order valence-corrected chi connectivity index (χ1v) is 10.5. The van der Waals surface area contributed by atoms with Crippen LogP contribution in [0, 0.1) is 12.7 Å². The Bertz CT molecular complexity index is 1390. The monoisotopic (exact) mass is 438 g/mol. The number of aromatic nitrogens is 2. The Morgan fingerprint density at radius 3 is 2.48 bits per heavy atom. The van der Waals surface area contributed by atoms with Crippen molar-refractivity contribution < 1.29 is 14.0 Å². The third-order valence-corrected chi connectivity index (χ3v) is 6.17. The molecule has 0 bridgehead atoms. The number of amides is 2. The number of carbonyl (C=O) groups is 2. The Kier molecular flexibility index (Phi) is 5.51. The number of hydrogen-bond donors (Lipinski definition) is 2. The van der Waals surface area contributed by atoms with E-state index in [0.717, 1.165) is 11.3 Å². The fourth-order valence-corrected chi connectivity index (χ4v) is 4.58. The molecule has 0 unspecified atom stereocenters. The van der Waals surface area contributed by atoms with E-state index in [9.17, 15) is 18.8 Å². The van der Waals surface area contributed by atoms with E-state index in [4.69, 9.17) is 0 Å². The zero-order chi connectivity index (χ0) is 22.1. The summed E-state index contributed by atoms with van der Waals surface area (Å²) >= 11 is 1.14. The first-order chi connectivity index (χ1) is 14.9. The molecule has 2 amide bonds. The largest absolute Gasteiger partial charge is 0.290 e. The lowest BCUT2D eigenvalue weighted by Gasteiger charge is -2.11. The average Bonchev–Trinajstić information content (AvgIpc) is 3.11. The van der Waals surface area contributed by atoms with Crippen LogP contribution < -0.4 is 16.4 Å². The van der Waals surface area contributed by atoms with Crippen molar-refractivity contribution in [3.8, 4) is 0 Å². The van der Waals surface area contributed by atoms with Gasteiger partial charge in [0.1, 0.15) is 5.82 Å². The average molecular weight is 438 g/mol. The predicted molar refractivity (Wildman–Crippen MR) is 118 cm³/mol. The number of hydrogen-bond acceptors (Lipinski definition) is 5. The highest BCUT2D eigenvalue weighted by Gasteiger charge is 2.20. The fraction of sp³-hybridized carbons (Fsp3) is 0.182. The topological polar surface area (TPSA) is 93.1 Å². The van der Waals surface area contributed by atoms with Crippen LogP contribution in [0.4, 0.5) is 4.39 Å². The van der Waals surface area contributed by atoms with Crippen molar-refractivity contribution in [1.82, 2.24) is 20.6 Å². The minimum absolute atomic E-state index is 0.0306. The van der Waals surface area contributed by atoms with Gasteiger partial charge in [-0.15, -0.1) is 11.3 Å². The Balaban J connectivity index is 1.62. The van der Waals surface area contributed by atoms with Crippen LogP contribution in [0.15, 0.2) is 47.3 Å². The van der Waals surface area contributed by atoms with Crippen LogP contribution in [-0.2, 0) is 6.54 Å². The summed E-state index contributed by atoms with van der Waals surface area (Å²) in [5.74, 6) is -1.61. The Morgan fingerprint density at radius 1 is 1.06 bits per heavy atom. The van der Waals surface area contributed by atoms with Gasteiger partial charge in [-0.3, -0.25) is 25.2 Å². The summed E-state index contributed by atoms with van der Waals surface area (Å²) in [6.07, 6.45) is 0.671. The summed E-state index contributed by atoms with van der Waals surface area (Å²) < 4.78 is 16.0. The fourth-order valence-electron chi connectivity index (χ4n) is 3.47. The number of rotatable bonds is 4. The van der Waals surface area contributed by atoms with Crippen LogP contribution in [0.3, 0.4) is 0 Å². The Labute approximate surface area is 180 Å². The van der Waals surface area contributed by atoms with Gasteiger partial charge in [0.15, 0.2) is 5.69 Å². The number of benzene rings is 2. The number of aryl methyl sites for hydroxylation is 2. The molecular formula is C22H19FN4O3S. The van der Waals surface area contributed by atoms with Crippen molar-refractivity contribution in [3.63, 3.8) is 0 Å². The Morgan fingerprint density at radius 2 is 1.77 bits per heavy atom. The maximum Gasteiger partial charge on any atom is 0.290 e. The van der Waals surface area contributed by atoms with Gasteiger partial charge in [-0.1, -0.05) is 31.2 Å². The molecule has 31 heavy (non-hydrogen) atoms. The molecule has 4 rings (SSSR count). The van der Waals surface area contributed by atoms with E-state index in [-0.39, 0.29) is 11.3 Å². The van der Waals surface area contributed by atoms with Gasteiger partial charge in [0, 0.05) is 22.0 Å². The van der Waals surface area contributed by atoms with Gasteiger partial charge in [-0.05, 0) is 37.1 Å². The molecule has 0 radical (unpaired) electrons. The predicted octanol–water partition coefficient (Wildman–Crippen LogP) is 3.54. The first kappa shape index (κ1) is 20.7. The van der Waals surface area contributed by atoms with Crippen molar-refractivity contribution in [1.29, 1.82) is 0 Å². The van der Waals surface area contributed by atoms with Crippen LogP contribution in [0.25, 0.3) is 20.9 Å². The second-order valence-electron chi connectivity index (χ2n) is 7.00. The maximum absolute atomic E-state index is 14.1. The minimum atomic E-state index is -0.653. The zero-order valence-corrected chi connectivity index (χ0v) is 17.7. The van der Waals surface area contributed by atoms with Gasteiger partial charge in [-0.25, -0.2) is 9.07 Å². The Hall–Kier alpha value is -3.59. The van der Waals surface area contributed by atoms with Gasteiger partial charge in [0.25, 0.3) is 17.4 Å². The molecule has 0 spiro atoms. The molecule has 7 nitrogen and oxygen atoms in total. The van der Waals surface area contributed by atoms with E-state index < -0.39 is 17.6 Å². The number of thiophene rings is 1. The molecule has 2 heterocycles. The lowest BCUT2D eigenvalue weighted by Crippen LogP contribution is -2.42. The summed E-state index contributed by atoms with van der Waals surface area (Å²) in [6, 6.07) is 11.3. The number of halogens is 1. The quantitative estimate of drug-likeness (QED) is 0.477. The van der Waals surface area contributed by atoms with E-state index in [1.54, 1.807) is 43.3 Å². The molecule has 0 fully saturated rings. The second kappa shape index (κ2) is 8.27. The lowest BCUT2D eigenvalue weighted by atomic mass is 10.1. The van der Waals surface area contributed by atoms with Gasteiger partial charge in [0.2, 0.25) is 0 Å². The first-order valence-electron chi connectivity index (χ1n) is 9.70. The van der Waals surface area contributed by atoms with Crippen LogP contribution in [0.2, 0.25) is 0 Å². The summed E-state index contributed by atoms with van der Waals surface area (Å²) in [5, 5.41) is 5.36. The molecule has 0 saturated carbocycles. The van der Waals surface area contributed by atoms with Gasteiger partial charge < -0.3 is 0 Å². The van der Waals surface area contributed by atoms with Gasteiger partial charge in [-0.2, -0.15) is 5.10 Å². The van der Waals surface area contributed by atoms with Gasteiger partial charge >= 0.3 is 0 Å². The lowest BCUT2D eigenvalue weighted by molar-refractivity contribution is 0.0845. The minimum Gasteiger partial charge on any atom is -0.267 e. The second-order valence-corrected chi connectivity index (χ2v) is 8.05. The third kappa shape index (κ3) is 3.68. The highest BCUT2D eigenvalue weighted by Crippen LogP contribution is 2.32. The van der Waals surface area contributed by atoms with Crippen LogP contribution in [0.5, 0.6) is 0 Å². The molecule has 2 aromatic carbocycles. The number of hydrazine groups is 1. The van der Waals surface area contributed by atoms with E-state index >= 15 is 0 Å². The normalized spacial score (nSPS) is 11.1. The molecule has 0 aliphatic rings. The summed E-state index contributed by atoms with van der Waals surface area (Å²) in [4.78, 5) is 38.3. The van der Waals surface area contributed by atoms with Crippen molar-refractivity contribution in [2.45, 2.75) is 26.8 Å². The van der Waals surface area contributed by atoms with E-state index in [0.29, 0.717) is 44.3 Å². The molecule has 0 saturated heterocycles. The van der Waals surface area contributed by atoms with Crippen molar-refractivity contribution in [2.24, 2.45) is 0 Å². The molecule has 9 heteroatoms. The molecule has 4 aromatic rings. The number of carbonyl (C=O) groups excluding carboxylic acids is 2. The summed E-state index contributed by atoms with van der Waals surface area (Å²) in [6.45, 7) is 3.93. The molecule has 2 N–H and O–H groups in total. The van der Waals surface area contributed by atoms with Crippen molar-refractivity contribution >= 4 is 44.0 Å². The molecule has 158 valence electrons. The van der Waals surface area contributed by atoms with E-state index in [1.807, 2.05) is 6.92 Å². The molecule has 0 aliphatic heterocycles. The van der Waals surface area contributed by atoms with Crippen molar-refractivity contribution in [2.75, 3.05) is 0 Å². The molecule has 0 aliphatic carbocycles. The SMILES string of the molecule is CCCn1nc(C(=O)NNC(=O)c2sc3cccc(F)c3c2C)c2ccccc2c1=O. The molecular weight excluding hydrogens is 419 g/mol. The number of nitrogens with one attached hydrogen (secondary N) is 2. The summed E-state index contributed by atoms with van der Waals surface area (Å²) in [5.41, 5.74) is 4.99. The van der Waals surface area contributed by atoms with Crippen LogP contribution in [0.1, 0.15) is 39.1 Å². The van der Waals surface area contributed by atoms with Crippen LogP contribution in [-0.4, -0.2) is 21.6 Å². The maximum atomic E-state index is 14.1. The highest BCUT2D eigenvalue weighted by molar-refractivity contribution is 7.21. The van der Waals surface area contributed by atoms with E-state index in [2.05, 4.69) is 16.0 Å². The number of nitrogens with zero attached hydrogens (tertiary/aromatic N) is 2. The third-order valence-electron chi connectivity index (χ3n) is 4.92. The zero-order valence-electron chi connectivity index (χ0n) is 16.9. The molecule has 0 atom stereocenters. The summed E-state index contributed by atoms with van der Waals surface area (Å²) in [7, 11) is 0. The standard InChI is InChI=1S/C22H19FN4O3S/c1-3-11-27-22(30)14-8-5-4-7-13(14)18(26-27)20(28)24-25-21(29)19-12(2)17-15(23)9-6-10-16(17)31-19/h4-10H,3,11H2,1-2H3,(H,24,28)(H,25,29). The molecule has 2 aromatic heterocycles. The van der Waals surface area contributed by atoms with Gasteiger partial charge in [0.05, 0.1) is 10.3 Å². The van der Waals surface area contributed by atoms with E-state index in [1.165, 1.54) is 10.7 Å². The van der Waals surface area contributed by atoms with Crippen molar-refractivity contribution in [3.05, 3.63) is 74.8 Å². The number of fused-ring (bicyclic) bond motifs is 2.